The number of anilines is 1. The number of para-hydroxylation sites is 1. The Balaban J connectivity index is 1.24. The molecule has 42 heavy (non-hydrogen) atoms. The molecular formula is C33H34N6O3. The number of fused-ring (bicyclic) bond motifs is 1. The number of hydrogen-bond donors (Lipinski definition) is 2. The molecule has 1 amide bonds. The van der Waals surface area contributed by atoms with Crippen LogP contribution in [-0.2, 0) is 11.8 Å². The quantitative estimate of drug-likeness (QED) is 0.270. The van der Waals surface area contributed by atoms with Gasteiger partial charge < -0.3 is 25.0 Å². The Bertz CT molecular complexity index is 1670. The van der Waals surface area contributed by atoms with Gasteiger partial charge >= 0.3 is 0 Å². The number of likely N-dealkylation sites (tertiary alicyclic amines) is 2. The van der Waals surface area contributed by atoms with Gasteiger partial charge in [0.05, 0.1) is 5.39 Å². The summed E-state index contributed by atoms with van der Waals surface area (Å²) in [5.74, 6) is 8.18. The van der Waals surface area contributed by atoms with E-state index in [2.05, 4.69) is 26.7 Å². The molecule has 0 spiro atoms. The molecule has 214 valence electrons. The second kappa shape index (κ2) is 11.7. The van der Waals surface area contributed by atoms with E-state index >= 15 is 0 Å². The molecule has 3 N–H and O–H groups in total. The Morgan fingerprint density at radius 2 is 1.76 bits per heavy atom. The first-order chi connectivity index (χ1) is 20.4. The highest BCUT2D eigenvalue weighted by atomic mass is 16.5. The van der Waals surface area contributed by atoms with E-state index in [1.807, 2.05) is 72.3 Å². The van der Waals surface area contributed by atoms with Gasteiger partial charge in [-0.15, -0.1) is 0 Å². The molecule has 2 fully saturated rings. The summed E-state index contributed by atoms with van der Waals surface area (Å²) in [5, 5.41) is 12.1. The maximum absolute atomic E-state index is 12.6. The average Bonchev–Trinajstić information content (AvgIpc) is 3.27. The second-order valence-electron chi connectivity index (χ2n) is 10.8. The minimum absolute atomic E-state index is 0.0183. The van der Waals surface area contributed by atoms with Crippen molar-refractivity contribution in [2.24, 2.45) is 7.05 Å². The third-order valence-corrected chi connectivity index (χ3v) is 8.01. The van der Waals surface area contributed by atoms with E-state index in [1.165, 1.54) is 12.7 Å². The van der Waals surface area contributed by atoms with Crippen molar-refractivity contribution in [3.63, 3.8) is 0 Å². The van der Waals surface area contributed by atoms with Gasteiger partial charge in [-0.05, 0) is 55.3 Å². The molecule has 0 atom stereocenters. The molecule has 2 aliphatic rings. The predicted octanol–water partition coefficient (Wildman–Crippen LogP) is 3.98. The van der Waals surface area contributed by atoms with Gasteiger partial charge in [0.15, 0.2) is 0 Å². The van der Waals surface area contributed by atoms with Crippen molar-refractivity contribution in [3.8, 4) is 34.5 Å². The summed E-state index contributed by atoms with van der Waals surface area (Å²) in [6.07, 6.45) is 6.99. The Hall–Kier alpha value is -4.65. The molecule has 9 nitrogen and oxygen atoms in total. The smallest absolute Gasteiger partial charge is 0.246 e. The van der Waals surface area contributed by atoms with Gasteiger partial charge in [-0.1, -0.05) is 42.3 Å². The zero-order chi connectivity index (χ0) is 29.1. The Labute approximate surface area is 245 Å². The molecule has 4 aromatic rings. The number of aliphatic hydroxyl groups is 1. The first kappa shape index (κ1) is 27.5. The Morgan fingerprint density at radius 1 is 1.05 bits per heavy atom. The number of nitrogens with two attached hydrogens (primary N) is 1. The van der Waals surface area contributed by atoms with Gasteiger partial charge in [-0.3, -0.25) is 9.69 Å². The number of hydrogen-bond acceptors (Lipinski definition) is 7. The number of carbonyl (C=O) groups excluding carboxylic acids is 1. The van der Waals surface area contributed by atoms with Crippen molar-refractivity contribution in [1.29, 1.82) is 0 Å². The summed E-state index contributed by atoms with van der Waals surface area (Å²) >= 11 is 0. The first-order valence-electron chi connectivity index (χ1n) is 14.3. The van der Waals surface area contributed by atoms with Crippen LogP contribution in [0, 0.1) is 11.8 Å². The zero-order valence-electron chi connectivity index (χ0n) is 23.7. The average molecular weight is 563 g/mol. The van der Waals surface area contributed by atoms with Crippen molar-refractivity contribution in [2.75, 3.05) is 38.5 Å². The molecule has 2 aromatic heterocycles. The summed E-state index contributed by atoms with van der Waals surface area (Å²) in [4.78, 5) is 25.4. The normalized spacial score (nSPS) is 16.7. The number of carbonyl (C=O) groups is 1. The van der Waals surface area contributed by atoms with Crippen molar-refractivity contribution < 1.29 is 14.6 Å². The van der Waals surface area contributed by atoms with Gasteiger partial charge in [0, 0.05) is 51.2 Å². The maximum atomic E-state index is 12.6. The second-order valence-corrected chi connectivity index (χ2v) is 10.8. The molecule has 0 unspecified atom stereocenters. The van der Waals surface area contributed by atoms with Crippen LogP contribution in [0.1, 0.15) is 25.0 Å². The summed E-state index contributed by atoms with van der Waals surface area (Å²) in [6, 6.07) is 17.3. The van der Waals surface area contributed by atoms with Crippen LogP contribution in [0.15, 0.2) is 73.1 Å². The number of amides is 1. The lowest BCUT2D eigenvalue weighted by molar-refractivity contribution is -0.128. The fraction of sp³-hybridized carbons (Fsp3) is 0.303. The van der Waals surface area contributed by atoms with E-state index in [4.69, 9.17) is 10.5 Å². The molecule has 0 bridgehead atoms. The summed E-state index contributed by atoms with van der Waals surface area (Å²) in [6.45, 7) is 3.89. The number of benzene rings is 2. The molecule has 0 aliphatic carbocycles. The number of aromatic nitrogens is 3. The van der Waals surface area contributed by atoms with Crippen molar-refractivity contribution in [2.45, 2.75) is 24.9 Å². The molecule has 0 radical (unpaired) electrons. The molecule has 6 rings (SSSR count). The molecule has 0 saturated carbocycles. The molecule has 2 aliphatic heterocycles. The van der Waals surface area contributed by atoms with Gasteiger partial charge in [0.25, 0.3) is 0 Å². The van der Waals surface area contributed by atoms with Crippen LogP contribution in [0.2, 0.25) is 0 Å². The number of nitrogens with zero attached hydrogens (tertiary/aromatic N) is 5. The van der Waals surface area contributed by atoms with Crippen molar-refractivity contribution in [1.82, 2.24) is 24.3 Å². The van der Waals surface area contributed by atoms with E-state index in [0.717, 1.165) is 36.5 Å². The van der Waals surface area contributed by atoms with E-state index in [0.29, 0.717) is 54.2 Å². The fourth-order valence-corrected chi connectivity index (χ4v) is 5.39. The fourth-order valence-electron chi connectivity index (χ4n) is 5.39. The van der Waals surface area contributed by atoms with Gasteiger partial charge in [-0.2, -0.15) is 0 Å². The SMILES string of the molecule is Cn1c(C#CC2(O)CCN(C(=O)/C=C/CN3CCC3)CC2)c(-c2ccc(Oc3ccccc3)cc2)c2c(N)ncnc21. The molecule has 2 aromatic carbocycles. The number of piperidine rings is 1. The highest BCUT2D eigenvalue weighted by Gasteiger charge is 2.32. The van der Waals surface area contributed by atoms with Crippen LogP contribution in [0.5, 0.6) is 11.5 Å². The highest BCUT2D eigenvalue weighted by Crippen LogP contribution is 2.37. The van der Waals surface area contributed by atoms with E-state index in [1.54, 1.807) is 11.0 Å². The summed E-state index contributed by atoms with van der Waals surface area (Å²) < 4.78 is 7.86. The lowest BCUT2D eigenvalue weighted by atomic mass is 9.91. The lowest BCUT2D eigenvalue weighted by Crippen LogP contribution is -2.45. The maximum Gasteiger partial charge on any atom is 0.246 e. The number of rotatable bonds is 6. The highest BCUT2D eigenvalue weighted by molar-refractivity contribution is 6.03. The van der Waals surface area contributed by atoms with E-state index < -0.39 is 5.60 Å². The third kappa shape index (κ3) is 5.73. The van der Waals surface area contributed by atoms with Crippen LogP contribution in [0.4, 0.5) is 5.82 Å². The molecule has 2 saturated heterocycles. The number of nitrogen functional groups attached to an aromatic ring is 1. The number of aryl methyl sites for hydroxylation is 1. The van der Waals surface area contributed by atoms with Crippen molar-refractivity contribution in [3.05, 3.63) is 78.8 Å². The Morgan fingerprint density at radius 3 is 2.45 bits per heavy atom. The minimum atomic E-state index is -1.21. The van der Waals surface area contributed by atoms with Crippen LogP contribution >= 0.6 is 0 Å². The number of ether oxygens (including phenoxy) is 1. The lowest BCUT2D eigenvalue weighted by Gasteiger charge is -2.34. The van der Waals surface area contributed by atoms with Crippen LogP contribution in [0.3, 0.4) is 0 Å². The van der Waals surface area contributed by atoms with Gasteiger partial charge in [0.2, 0.25) is 5.91 Å². The monoisotopic (exact) mass is 562 g/mol. The largest absolute Gasteiger partial charge is 0.457 e. The third-order valence-electron chi connectivity index (χ3n) is 8.01. The van der Waals surface area contributed by atoms with E-state index in [9.17, 15) is 9.90 Å². The zero-order valence-corrected chi connectivity index (χ0v) is 23.7. The van der Waals surface area contributed by atoms with Crippen LogP contribution < -0.4 is 10.5 Å². The first-order valence-corrected chi connectivity index (χ1v) is 14.3. The van der Waals surface area contributed by atoms with Gasteiger partial charge in [0.1, 0.15) is 40.6 Å². The molecule has 4 heterocycles. The topological polar surface area (TPSA) is 110 Å². The summed E-state index contributed by atoms with van der Waals surface area (Å²) in [5.41, 5.74) is 8.15. The Kier molecular flexibility index (Phi) is 7.66. The molecular weight excluding hydrogens is 528 g/mol. The molecule has 9 heteroatoms. The standard InChI is InChI=1S/C33H34N6O3/c1-37-27(14-15-33(41)16-21-39(22-17-33)28(40)9-5-18-38-19-6-20-38)29(30-31(34)35-23-36-32(30)37)24-10-12-26(13-11-24)42-25-7-3-2-4-8-25/h2-5,7-13,23,41H,6,16-22H2,1H3,(H2,34,35,36)/b9-5+. The van der Waals surface area contributed by atoms with Crippen LogP contribution in [-0.4, -0.2) is 73.7 Å². The van der Waals surface area contributed by atoms with E-state index in [-0.39, 0.29) is 5.91 Å². The summed E-state index contributed by atoms with van der Waals surface area (Å²) in [7, 11) is 1.88. The van der Waals surface area contributed by atoms with Gasteiger partial charge in [-0.25, -0.2) is 9.97 Å². The predicted molar refractivity (Wildman–Crippen MR) is 163 cm³/mol. The van der Waals surface area contributed by atoms with Crippen LogP contribution in [0.25, 0.3) is 22.2 Å². The minimum Gasteiger partial charge on any atom is -0.457 e. The van der Waals surface area contributed by atoms with Crippen molar-refractivity contribution >= 4 is 22.8 Å².